The number of halogens is 1. The summed E-state index contributed by atoms with van der Waals surface area (Å²) in [5.41, 5.74) is 11.5. The van der Waals surface area contributed by atoms with Gasteiger partial charge in [-0.1, -0.05) is 6.07 Å². The van der Waals surface area contributed by atoms with Crippen LogP contribution in [-0.2, 0) is 6.54 Å². The molecule has 1 atom stereocenters. The molecule has 0 radical (unpaired) electrons. The van der Waals surface area contributed by atoms with Gasteiger partial charge >= 0.3 is 0 Å². The minimum atomic E-state index is -0.586. The number of benzene rings is 2. The van der Waals surface area contributed by atoms with Crippen molar-refractivity contribution in [3.63, 3.8) is 0 Å². The quantitative estimate of drug-likeness (QED) is 0.411. The van der Waals surface area contributed by atoms with Crippen LogP contribution in [0.5, 0.6) is 0 Å². The summed E-state index contributed by atoms with van der Waals surface area (Å²) in [6, 6.07) is 9.11. The molecule has 1 amide bonds. The number of nitrogen functional groups attached to an aromatic ring is 1. The molecule has 3 aromatic heterocycles. The number of hydrogen-bond donors (Lipinski definition) is 1. The number of aromatic nitrogens is 4. The van der Waals surface area contributed by atoms with Crippen molar-refractivity contribution in [1.82, 2.24) is 24.3 Å². The van der Waals surface area contributed by atoms with Crippen LogP contribution in [0.1, 0.15) is 35.2 Å². The number of carbonyl (C=O) groups excluding carboxylic acids is 1. The van der Waals surface area contributed by atoms with Crippen molar-refractivity contribution in [2.24, 2.45) is 11.8 Å². The third-order valence-corrected chi connectivity index (χ3v) is 8.29. The van der Waals surface area contributed by atoms with Gasteiger partial charge in [0.05, 0.1) is 44.8 Å². The number of amides is 1. The molecule has 3 fully saturated rings. The average Bonchev–Trinajstić information content (AvgIpc) is 3.59. The fraction of sp³-hybridized carbons (Fsp3) is 0.280. The number of nitrogens with two attached hydrogens (primary N) is 1. The van der Waals surface area contributed by atoms with Gasteiger partial charge < -0.3 is 10.6 Å². The Bertz CT molecular complexity index is 1600. The number of carbonyl (C=O) groups is 1. The number of rotatable bonds is 4. The molecule has 2 N–H and O–H groups in total. The molecule has 3 aliphatic carbocycles. The van der Waals surface area contributed by atoms with E-state index < -0.39 is 5.82 Å². The van der Waals surface area contributed by atoms with Gasteiger partial charge in [-0.15, -0.1) is 11.3 Å². The molecule has 7 nitrogen and oxygen atoms in total. The Morgan fingerprint density at radius 3 is 2.88 bits per heavy atom. The van der Waals surface area contributed by atoms with Crippen LogP contribution in [0.2, 0.25) is 0 Å². The third kappa shape index (κ3) is 2.93. The van der Waals surface area contributed by atoms with E-state index in [-0.39, 0.29) is 23.3 Å². The number of anilines is 1. The Labute approximate surface area is 198 Å². The summed E-state index contributed by atoms with van der Waals surface area (Å²) in [5, 5.41) is 0. The van der Waals surface area contributed by atoms with Crippen LogP contribution in [0.15, 0.2) is 48.4 Å². The first-order valence-electron chi connectivity index (χ1n) is 11.4. The van der Waals surface area contributed by atoms with Gasteiger partial charge in [-0.25, -0.2) is 19.3 Å². The second-order valence-electron chi connectivity index (χ2n) is 9.45. The van der Waals surface area contributed by atoms with Gasteiger partial charge in [-0.2, -0.15) is 0 Å². The van der Waals surface area contributed by atoms with Crippen LogP contribution >= 0.6 is 11.3 Å². The van der Waals surface area contributed by atoms with Crippen LogP contribution in [0.25, 0.3) is 26.8 Å². The predicted octanol–water partition coefficient (Wildman–Crippen LogP) is 4.65. The van der Waals surface area contributed by atoms with Crippen molar-refractivity contribution >= 4 is 49.8 Å². The molecule has 3 aliphatic rings. The first-order chi connectivity index (χ1) is 16.5. The molecular weight excluding hydrogens is 451 g/mol. The first kappa shape index (κ1) is 19.8. The molecule has 34 heavy (non-hydrogen) atoms. The summed E-state index contributed by atoms with van der Waals surface area (Å²) in [6.07, 6.45) is 6.51. The second-order valence-corrected chi connectivity index (χ2v) is 10.3. The van der Waals surface area contributed by atoms with Gasteiger partial charge in [0.25, 0.3) is 5.91 Å². The highest BCUT2D eigenvalue weighted by atomic mass is 32.1. The third-order valence-electron chi connectivity index (χ3n) is 7.50. The number of hydrogen-bond acceptors (Lipinski definition) is 6. The SMILES string of the molecule is Nc1nc2cc(F)c(C(=O)N(Cc3ccc4ncsc4c3)C3CC4CC3C4)cc2n2cncc12. The van der Waals surface area contributed by atoms with E-state index in [0.717, 1.165) is 35.0 Å². The Balaban J connectivity index is 1.32. The van der Waals surface area contributed by atoms with E-state index in [1.54, 1.807) is 34.3 Å². The first-order valence-corrected chi connectivity index (χ1v) is 12.3. The summed E-state index contributed by atoms with van der Waals surface area (Å²) in [5.74, 6) is 0.567. The molecular formula is C25H21FN6OS. The molecule has 1 unspecified atom stereocenters. The van der Waals surface area contributed by atoms with Gasteiger partial charge in [-0.3, -0.25) is 9.20 Å². The zero-order chi connectivity index (χ0) is 23.0. The fourth-order valence-electron chi connectivity index (χ4n) is 5.76. The van der Waals surface area contributed by atoms with E-state index in [1.807, 2.05) is 22.5 Å². The molecule has 9 heteroatoms. The number of imidazole rings is 1. The second kappa shape index (κ2) is 7.20. The van der Waals surface area contributed by atoms with Crippen molar-refractivity contribution in [3.05, 3.63) is 65.3 Å². The lowest BCUT2D eigenvalue weighted by Crippen LogP contribution is -2.41. The minimum Gasteiger partial charge on any atom is -0.382 e. The van der Waals surface area contributed by atoms with Gasteiger partial charge in [0.2, 0.25) is 0 Å². The van der Waals surface area contributed by atoms with Gasteiger partial charge in [0.15, 0.2) is 0 Å². The maximum absolute atomic E-state index is 15.3. The number of thiazole rings is 1. The topological polar surface area (TPSA) is 89.4 Å². The average molecular weight is 473 g/mol. The Morgan fingerprint density at radius 1 is 1.18 bits per heavy atom. The van der Waals surface area contributed by atoms with E-state index in [9.17, 15) is 4.79 Å². The van der Waals surface area contributed by atoms with E-state index in [4.69, 9.17) is 5.73 Å². The number of fused-ring (bicyclic) bond motifs is 5. The Kier molecular flexibility index (Phi) is 4.20. The molecule has 5 aromatic rings. The van der Waals surface area contributed by atoms with Crippen molar-refractivity contribution in [2.45, 2.75) is 31.8 Å². The van der Waals surface area contributed by atoms with E-state index >= 15 is 4.39 Å². The van der Waals surface area contributed by atoms with Crippen molar-refractivity contribution in [3.8, 4) is 0 Å². The van der Waals surface area contributed by atoms with Crippen LogP contribution < -0.4 is 5.73 Å². The molecule has 170 valence electrons. The maximum atomic E-state index is 15.3. The van der Waals surface area contributed by atoms with Gasteiger partial charge in [0.1, 0.15) is 17.2 Å². The molecule has 3 heterocycles. The van der Waals surface area contributed by atoms with Crippen molar-refractivity contribution in [2.75, 3.05) is 5.73 Å². The van der Waals surface area contributed by atoms with Crippen molar-refractivity contribution in [1.29, 1.82) is 0 Å². The lowest BCUT2D eigenvalue weighted by Gasteiger charge is -2.33. The maximum Gasteiger partial charge on any atom is 0.257 e. The van der Waals surface area contributed by atoms with Crippen LogP contribution in [-0.4, -0.2) is 36.2 Å². The molecule has 0 aliphatic heterocycles. The lowest BCUT2D eigenvalue weighted by molar-refractivity contribution is 0.0617. The molecule has 2 bridgehead atoms. The number of nitrogens with zero attached hydrogens (tertiary/aromatic N) is 5. The lowest BCUT2D eigenvalue weighted by atomic mass is 9.83. The Morgan fingerprint density at radius 2 is 2.06 bits per heavy atom. The summed E-state index contributed by atoms with van der Waals surface area (Å²) in [6.45, 7) is 0.443. The highest BCUT2D eigenvalue weighted by molar-refractivity contribution is 7.16. The summed E-state index contributed by atoms with van der Waals surface area (Å²) in [4.78, 5) is 28.6. The van der Waals surface area contributed by atoms with E-state index in [0.29, 0.717) is 34.9 Å². The summed E-state index contributed by atoms with van der Waals surface area (Å²) < 4.78 is 18.2. The normalized spacial score (nSPS) is 21.4. The van der Waals surface area contributed by atoms with Gasteiger partial charge in [-0.05, 0) is 54.9 Å². The molecule has 0 saturated heterocycles. The molecule has 8 rings (SSSR count). The largest absolute Gasteiger partial charge is 0.382 e. The minimum absolute atomic E-state index is 0.0528. The molecule has 3 saturated carbocycles. The predicted molar refractivity (Wildman–Crippen MR) is 129 cm³/mol. The van der Waals surface area contributed by atoms with Crippen LogP contribution in [0.4, 0.5) is 10.2 Å². The highest BCUT2D eigenvalue weighted by Gasteiger charge is 2.48. The fourth-order valence-corrected chi connectivity index (χ4v) is 6.50. The van der Waals surface area contributed by atoms with E-state index in [2.05, 4.69) is 21.0 Å². The summed E-state index contributed by atoms with van der Waals surface area (Å²) >= 11 is 1.58. The monoisotopic (exact) mass is 472 g/mol. The summed E-state index contributed by atoms with van der Waals surface area (Å²) in [7, 11) is 0. The Hall–Kier alpha value is -3.59. The zero-order valence-corrected chi connectivity index (χ0v) is 19.0. The zero-order valence-electron chi connectivity index (χ0n) is 18.2. The van der Waals surface area contributed by atoms with Crippen LogP contribution in [0, 0.1) is 17.7 Å². The van der Waals surface area contributed by atoms with Gasteiger partial charge in [0, 0.05) is 18.7 Å². The van der Waals surface area contributed by atoms with E-state index in [1.165, 1.54) is 6.07 Å². The molecule has 2 aromatic carbocycles. The highest BCUT2D eigenvalue weighted by Crippen LogP contribution is 2.51. The smallest absolute Gasteiger partial charge is 0.257 e. The van der Waals surface area contributed by atoms with Crippen molar-refractivity contribution < 1.29 is 9.18 Å². The van der Waals surface area contributed by atoms with Crippen LogP contribution in [0.3, 0.4) is 0 Å². The molecule has 0 spiro atoms. The standard InChI is InChI=1S/C25H21FN6OS/c26-17-8-19-21(32-11-28-9-22(32)24(27)30-19)7-16(17)25(33)31(20-5-14-3-15(20)4-14)10-13-1-2-18-23(6-13)34-12-29-18/h1-2,6-9,11-12,14-15,20H,3-5,10H2,(H2,27,30).